The van der Waals surface area contributed by atoms with Gasteiger partial charge in [0.1, 0.15) is 17.0 Å². The number of hydrogen-bond donors (Lipinski definition) is 1. The van der Waals surface area contributed by atoms with Crippen LogP contribution >= 0.6 is 11.3 Å². The molecule has 0 bridgehead atoms. The van der Waals surface area contributed by atoms with Gasteiger partial charge in [-0.25, -0.2) is 0 Å². The summed E-state index contributed by atoms with van der Waals surface area (Å²) in [6.07, 6.45) is 2.59. The van der Waals surface area contributed by atoms with Gasteiger partial charge >= 0.3 is 0 Å². The van der Waals surface area contributed by atoms with E-state index in [9.17, 15) is 9.59 Å². The van der Waals surface area contributed by atoms with Crippen LogP contribution in [0, 0.1) is 11.3 Å². The standard InChI is InChI=1S/C13H13N3O2S/c14-5-11-8-6-16(13(18)9(8)7-19-11)10-3-1-2-4-15-12(10)17/h7,10H,1-4,6H2,(H,15,17). The summed E-state index contributed by atoms with van der Waals surface area (Å²) in [5.41, 5.74) is 1.38. The van der Waals surface area contributed by atoms with Gasteiger partial charge in [0, 0.05) is 24.0 Å². The number of amides is 2. The summed E-state index contributed by atoms with van der Waals surface area (Å²) >= 11 is 1.30. The Hall–Kier alpha value is -1.87. The number of nitriles is 1. The van der Waals surface area contributed by atoms with Gasteiger partial charge in [-0.05, 0) is 19.3 Å². The second kappa shape index (κ2) is 4.67. The summed E-state index contributed by atoms with van der Waals surface area (Å²) in [6, 6.07) is 1.72. The van der Waals surface area contributed by atoms with E-state index in [2.05, 4.69) is 11.4 Å². The van der Waals surface area contributed by atoms with E-state index in [1.165, 1.54) is 11.3 Å². The molecule has 1 aromatic rings. The van der Waals surface area contributed by atoms with Gasteiger partial charge in [-0.3, -0.25) is 9.59 Å². The lowest BCUT2D eigenvalue weighted by Crippen LogP contribution is -2.45. The van der Waals surface area contributed by atoms with Crippen LogP contribution in [-0.4, -0.2) is 29.3 Å². The first kappa shape index (κ1) is 12.2. The number of carbonyl (C=O) groups excluding carboxylic acids is 2. The van der Waals surface area contributed by atoms with Gasteiger partial charge < -0.3 is 10.2 Å². The summed E-state index contributed by atoms with van der Waals surface area (Å²) in [6.45, 7) is 1.07. The normalized spacial score (nSPS) is 22.7. The minimum atomic E-state index is -0.390. The molecule has 1 saturated heterocycles. The summed E-state index contributed by atoms with van der Waals surface area (Å²) in [5, 5.41) is 13.6. The first-order valence-corrected chi connectivity index (χ1v) is 7.19. The zero-order valence-corrected chi connectivity index (χ0v) is 11.1. The molecule has 1 N–H and O–H groups in total. The third kappa shape index (κ3) is 1.90. The molecule has 2 aliphatic rings. The maximum absolute atomic E-state index is 12.3. The third-order valence-electron chi connectivity index (χ3n) is 3.70. The van der Waals surface area contributed by atoms with Gasteiger partial charge in [0.2, 0.25) is 5.91 Å². The lowest BCUT2D eigenvalue weighted by Gasteiger charge is -2.25. The molecule has 19 heavy (non-hydrogen) atoms. The SMILES string of the molecule is N#Cc1scc2c1CN(C1CCCCNC1=O)C2=O. The van der Waals surface area contributed by atoms with Crippen LogP contribution in [0.3, 0.4) is 0 Å². The van der Waals surface area contributed by atoms with E-state index < -0.39 is 0 Å². The molecule has 2 aliphatic heterocycles. The molecule has 0 aliphatic carbocycles. The van der Waals surface area contributed by atoms with Crippen molar-refractivity contribution in [1.82, 2.24) is 10.2 Å². The van der Waals surface area contributed by atoms with Gasteiger partial charge in [0.15, 0.2) is 0 Å². The monoisotopic (exact) mass is 275 g/mol. The molecule has 1 fully saturated rings. The summed E-state index contributed by atoms with van der Waals surface area (Å²) in [7, 11) is 0. The fourth-order valence-electron chi connectivity index (χ4n) is 2.68. The molecule has 5 nitrogen and oxygen atoms in total. The van der Waals surface area contributed by atoms with Crippen molar-refractivity contribution in [3.05, 3.63) is 21.4 Å². The Kier molecular flexibility index (Phi) is 2.99. The number of hydrogen-bond acceptors (Lipinski definition) is 4. The Morgan fingerprint density at radius 1 is 1.42 bits per heavy atom. The lowest BCUT2D eigenvalue weighted by molar-refractivity contribution is -0.125. The van der Waals surface area contributed by atoms with Crippen LogP contribution < -0.4 is 5.32 Å². The van der Waals surface area contributed by atoms with Crippen molar-refractivity contribution in [2.24, 2.45) is 0 Å². The highest BCUT2D eigenvalue weighted by molar-refractivity contribution is 7.11. The average Bonchev–Trinajstić information content (AvgIpc) is 2.87. The van der Waals surface area contributed by atoms with Crippen molar-refractivity contribution in [2.45, 2.75) is 31.8 Å². The van der Waals surface area contributed by atoms with Gasteiger partial charge in [0.05, 0.1) is 5.56 Å². The highest BCUT2D eigenvalue weighted by atomic mass is 32.1. The molecule has 98 valence electrons. The molecule has 1 atom stereocenters. The predicted molar refractivity (Wildman–Crippen MR) is 69.6 cm³/mol. The zero-order chi connectivity index (χ0) is 13.4. The number of nitrogens with one attached hydrogen (secondary N) is 1. The minimum absolute atomic E-state index is 0.0711. The van der Waals surface area contributed by atoms with Crippen molar-refractivity contribution >= 4 is 23.2 Å². The topological polar surface area (TPSA) is 73.2 Å². The maximum Gasteiger partial charge on any atom is 0.256 e. The maximum atomic E-state index is 12.3. The quantitative estimate of drug-likeness (QED) is 0.838. The Bertz CT molecular complexity index is 587. The summed E-state index contributed by atoms with van der Waals surface area (Å²) < 4.78 is 0. The van der Waals surface area contributed by atoms with Crippen LogP contribution in [0.2, 0.25) is 0 Å². The van der Waals surface area contributed by atoms with Crippen LogP contribution in [0.4, 0.5) is 0 Å². The Morgan fingerprint density at radius 3 is 3.05 bits per heavy atom. The van der Waals surface area contributed by atoms with Crippen LogP contribution in [0.5, 0.6) is 0 Å². The fourth-order valence-corrected chi connectivity index (χ4v) is 3.53. The number of carbonyl (C=O) groups is 2. The third-order valence-corrected chi connectivity index (χ3v) is 4.62. The van der Waals surface area contributed by atoms with E-state index in [0.29, 0.717) is 30.0 Å². The minimum Gasteiger partial charge on any atom is -0.354 e. The average molecular weight is 275 g/mol. The molecular formula is C13H13N3O2S. The molecule has 0 aromatic carbocycles. The summed E-state index contributed by atoms with van der Waals surface area (Å²) in [5.74, 6) is -0.187. The second-order valence-electron chi connectivity index (χ2n) is 4.80. The van der Waals surface area contributed by atoms with Crippen LogP contribution in [-0.2, 0) is 11.3 Å². The van der Waals surface area contributed by atoms with E-state index in [-0.39, 0.29) is 17.9 Å². The Morgan fingerprint density at radius 2 is 2.26 bits per heavy atom. The molecular weight excluding hydrogens is 262 g/mol. The van der Waals surface area contributed by atoms with Crippen LogP contribution in [0.25, 0.3) is 0 Å². The van der Waals surface area contributed by atoms with E-state index >= 15 is 0 Å². The van der Waals surface area contributed by atoms with E-state index in [4.69, 9.17) is 5.26 Å². The highest BCUT2D eigenvalue weighted by Gasteiger charge is 2.38. The smallest absolute Gasteiger partial charge is 0.256 e. The van der Waals surface area contributed by atoms with Crippen LogP contribution in [0.15, 0.2) is 5.38 Å². The molecule has 3 rings (SSSR count). The van der Waals surface area contributed by atoms with E-state index in [1.54, 1.807) is 10.3 Å². The van der Waals surface area contributed by atoms with Crippen molar-refractivity contribution in [3.63, 3.8) is 0 Å². The zero-order valence-electron chi connectivity index (χ0n) is 10.3. The fraction of sp³-hybridized carbons (Fsp3) is 0.462. The van der Waals surface area contributed by atoms with Gasteiger partial charge in [-0.2, -0.15) is 5.26 Å². The van der Waals surface area contributed by atoms with Crippen molar-refractivity contribution < 1.29 is 9.59 Å². The van der Waals surface area contributed by atoms with E-state index in [1.807, 2.05) is 0 Å². The number of rotatable bonds is 1. The highest BCUT2D eigenvalue weighted by Crippen LogP contribution is 2.33. The first-order chi connectivity index (χ1) is 9.22. The second-order valence-corrected chi connectivity index (χ2v) is 5.68. The number of thiophene rings is 1. The number of fused-ring (bicyclic) bond motifs is 1. The Balaban J connectivity index is 1.88. The van der Waals surface area contributed by atoms with E-state index in [0.717, 1.165) is 18.4 Å². The van der Waals surface area contributed by atoms with Crippen molar-refractivity contribution in [1.29, 1.82) is 5.26 Å². The lowest BCUT2D eigenvalue weighted by atomic mass is 10.1. The Labute approximate surface area is 114 Å². The molecule has 0 spiro atoms. The van der Waals surface area contributed by atoms with Gasteiger partial charge in [0.25, 0.3) is 5.91 Å². The van der Waals surface area contributed by atoms with Gasteiger partial charge in [-0.1, -0.05) is 0 Å². The van der Waals surface area contributed by atoms with Gasteiger partial charge in [-0.15, -0.1) is 11.3 Å². The number of nitrogens with zero attached hydrogens (tertiary/aromatic N) is 2. The molecule has 2 amide bonds. The molecule has 1 unspecified atom stereocenters. The summed E-state index contributed by atoms with van der Waals surface area (Å²) in [4.78, 5) is 26.5. The largest absolute Gasteiger partial charge is 0.354 e. The molecule has 1 aromatic heterocycles. The van der Waals surface area contributed by atoms with Crippen molar-refractivity contribution in [3.8, 4) is 6.07 Å². The van der Waals surface area contributed by atoms with Crippen LogP contribution in [0.1, 0.15) is 40.1 Å². The molecule has 0 saturated carbocycles. The molecule has 3 heterocycles. The predicted octanol–water partition coefficient (Wildman–Crippen LogP) is 1.24. The molecule has 0 radical (unpaired) electrons. The molecule has 6 heteroatoms. The first-order valence-electron chi connectivity index (χ1n) is 6.31. The van der Waals surface area contributed by atoms with Crippen molar-refractivity contribution in [2.75, 3.05) is 6.54 Å².